The maximum absolute atomic E-state index is 13.7. The standard InChI is InChI=1S/C20H30FN5O4S/c1-12(2)7-16(11-28)22-19-23-18(24-20(25-19)26-31(4,29)30)8-13(3)14-5-6-17(21)15(9-14)10-27/h5-6,9,12-13,16,27-28H,7-8,10-11H2,1-4H3,(H2,22,23,24,25,26)/t13?,16-/m1/s1. The zero-order valence-electron chi connectivity index (χ0n) is 18.1. The van der Waals surface area contributed by atoms with Crippen LogP contribution in [0.5, 0.6) is 0 Å². The van der Waals surface area contributed by atoms with Crippen LogP contribution in [-0.2, 0) is 23.1 Å². The maximum Gasteiger partial charge on any atom is 0.241 e. The van der Waals surface area contributed by atoms with Crippen molar-refractivity contribution < 1.29 is 23.0 Å². The van der Waals surface area contributed by atoms with Crippen LogP contribution in [-0.4, -0.2) is 52.5 Å². The van der Waals surface area contributed by atoms with Crippen LogP contribution in [0.1, 0.15) is 50.1 Å². The zero-order valence-corrected chi connectivity index (χ0v) is 18.9. The number of hydrogen-bond acceptors (Lipinski definition) is 8. The van der Waals surface area contributed by atoms with Crippen LogP contribution in [0.15, 0.2) is 18.2 Å². The first-order chi connectivity index (χ1) is 14.5. The SMILES string of the molecule is CC(C)C[C@H](CO)Nc1nc(CC(C)c2ccc(F)c(CO)c2)nc(NS(C)(=O)=O)n1. The van der Waals surface area contributed by atoms with Gasteiger partial charge in [-0.1, -0.05) is 32.9 Å². The number of nitrogens with one attached hydrogen (secondary N) is 2. The molecule has 0 saturated heterocycles. The fraction of sp³-hybridized carbons (Fsp3) is 0.550. The Labute approximate surface area is 182 Å². The third-order valence-electron chi connectivity index (χ3n) is 4.57. The lowest BCUT2D eigenvalue weighted by atomic mass is 9.95. The second-order valence-electron chi connectivity index (χ2n) is 8.04. The van der Waals surface area contributed by atoms with Gasteiger partial charge in [0.15, 0.2) is 0 Å². The highest BCUT2D eigenvalue weighted by Crippen LogP contribution is 2.23. The fourth-order valence-electron chi connectivity index (χ4n) is 3.13. The van der Waals surface area contributed by atoms with Crippen molar-refractivity contribution in [1.29, 1.82) is 0 Å². The molecule has 11 heteroatoms. The van der Waals surface area contributed by atoms with Gasteiger partial charge in [0.1, 0.15) is 11.6 Å². The minimum Gasteiger partial charge on any atom is -0.394 e. The van der Waals surface area contributed by atoms with Gasteiger partial charge in [-0.05, 0) is 29.9 Å². The van der Waals surface area contributed by atoms with Crippen molar-refractivity contribution in [3.05, 3.63) is 41.0 Å². The van der Waals surface area contributed by atoms with Crippen LogP contribution in [0, 0.1) is 11.7 Å². The molecule has 0 fully saturated rings. The Balaban J connectivity index is 2.32. The average Bonchev–Trinajstić information content (AvgIpc) is 2.65. The van der Waals surface area contributed by atoms with E-state index in [2.05, 4.69) is 25.0 Å². The summed E-state index contributed by atoms with van der Waals surface area (Å²) in [7, 11) is -3.61. The van der Waals surface area contributed by atoms with Crippen molar-refractivity contribution in [1.82, 2.24) is 15.0 Å². The highest BCUT2D eigenvalue weighted by Gasteiger charge is 2.17. The second kappa shape index (κ2) is 10.8. The first-order valence-electron chi connectivity index (χ1n) is 10.00. The Hall–Kier alpha value is -2.37. The Morgan fingerprint density at radius 1 is 1.10 bits per heavy atom. The molecule has 2 atom stereocenters. The third kappa shape index (κ3) is 8.00. The molecule has 4 N–H and O–H groups in total. The van der Waals surface area contributed by atoms with E-state index in [9.17, 15) is 23.0 Å². The lowest BCUT2D eigenvalue weighted by Crippen LogP contribution is -2.27. The van der Waals surface area contributed by atoms with Crippen molar-refractivity contribution in [2.45, 2.75) is 52.2 Å². The number of aliphatic hydroxyl groups is 2. The zero-order chi connectivity index (χ0) is 23.2. The van der Waals surface area contributed by atoms with E-state index in [4.69, 9.17) is 0 Å². The largest absolute Gasteiger partial charge is 0.394 e. The minimum absolute atomic E-state index is 0.126. The molecular formula is C20H30FN5O4S. The summed E-state index contributed by atoms with van der Waals surface area (Å²) in [5.41, 5.74) is 0.979. The van der Waals surface area contributed by atoms with Crippen molar-refractivity contribution in [3.63, 3.8) is 0 Å². The molecule has 9 nitrogen and oxygen atoms in total. The Morgan fingerprint density at radius 3 is 2.35 bits per heavy atom. The quantitative estimate of drug-likeness (QED) is 0.404. The molecular weight excluding hydrogens is 425 g/mol. The highest BCUT2D eigenvalue weighted by molar-refractivity contribution is 7.91. The molecule has 0 amide bonds. The Kier molecular flexibility index (Phi) is 8.66. The van der Waals surface area contributed by atoms with Crippen LogP contribution in [0.2, 0.25) is 0 Å². The van der Waals surface area contributed by atoms with Gasteiger partial charge < -0.3 is 15.5 Å². The second-order valence-corrected chi connectivity index (χ2v) is 9.79. The molecule has 2 aromatic rings. The minimum atomic E-state index is -3.61. The van der Waals surface area contributed by atoms with Gasteiger partial charge in [0.25, 0.3) is 0 Å². The summed E-state index contributed by atoms with van der Waals surface area (Å²) < 4.78 is 39.3. The van der Waals surface area contributed by atoms with Gasteiger partial charge in [-0.2, -0.15) is 15.0 Å². The Bertz CT molecular complexity index is 988. The molecule has 31 heavy (non-hydrogen) atoms. The normalized spacial score (nSPS) is 13.8. The van der Waals surface area contributed by atoms with Gasteiger partial charge in [-0.25, -0.2) is 12.8 Å². The van der Waals surface area contributed by atoms with Gasteiger partial charge in [0.05, 0.1) is 25.5 Å². The lowest BCUT2D eigenvalue weighted by Gasteiger charge is -2.19. The van der Waals surface area contributed by atoms with Gasteiger partial charge >= 0.3 is 0 Å². The van der Waals surface area contributed by atoms with E-state index in [1.807, 2.05) is 20.8 Å². The number of nitrogens with zero attached hydrogens (tertiary/aromatic N) is 3. The summed E-state index contributed by atoms with van der Waals surface area (Å²) in [5, 5.41) is 22.0. The number of rotatable bonds is 11. The van der Waals surface area contributed by atoms with E-state index < -0.39 is 22.4 Å². The summed E-state index contributed by atoms with van der Waals surface area (Å²) in [6, 6.07) is 4.20. The number of halogens is 1. The molecule has 0 aliphatic rings. The summed E-state index contributed by atoms with van der Waals surface area (Å²) in [4.78, 5) is 12.7. The van der Waals surface area contributed by atoms with Crippen LogP contribution in [0.4, 0.5) is 16.3 Å². The maximum atomic E-state index is 13.7. The number of aromatic nitrogens is 3. The topological polar surface area (TPSA) is 137 Å². The number of sulfonamides is 1. The highest BCUT2D eigenvalue weighted by atomic mass is 32.2. The van der Waals surface area contributed by atoms with Crippen LogP contribution < -0.4 is 10.0 Å². The van der Waals surface area contributed by atoms with Crippen LogP contribution in [0.25, 0.3) is 0 Å². The van der Waals surface area contributed by atoms with Gasteiger partial charge in [0.2, 0.25) is 21.9 Å². The molecule has 2 rings (SSSR count). The van der Waals surface area contributed by atoms with E-state index in [0.717, 1.165) is 11.8 Å². The van der Waals surface area contributed by atoms with Crippen LogP contribution >= 0.6 is 0 Å². The van der Waals surface area contributed by atoms with E-state index >= 15 is 0 Å². The molecule has 1 aromatic heterocycles. The van der Waals surface area contributed by atoms with Crippen molar-refractivity contribution in [3.8, 4) is 0 Å². The van der Waals surface area contributed by atoms with Gasteiger partial charge in [0, 0.05) is 12.0 Å². The first kappa shape index (κ1) is 24.9. The summed E-state index contributed by atoms with van der Waals surface area (Å²) >= 11 is 0. The average molecular weight is 456 g/mol. The molecule has 1 heterocycles. The molecule has 0 aliphatic carbocycles. The monoisotopic (exact) mass is 455 g/mol. The van der Waals surface area contributed by atoms with Crippen LogP contribution in [0.3, 0.4) is 0 Å². The van der Waals surface area contributed by atoms with E-state index in [1.54, 1.807) is 12.1 Å². The fourth-order valence-corrected chi connectivity index (χ4v) is 3.55. The molecule has 172 valence electrons. The first-order valence-corrected chi connectivity index (χ1v) is 11.9. The lowest BCUT2D eigenvalue weighted by molar-refractivity contribution is 0.259. The smallest absolute Gasteiger partial charge is 0.241 e. The summed E-state index contributed by atoms with van der Waals surface area (Å²) in [6.07, 6.45) is 1.98. The number of anilines is 2. The number of benzene rings is 1. The molecule has 1 unspecified atom stereocenters. The molecule has 0 radical (unpaired) electrons. The van der Waals surface area contributed by atoms with Crippen molar-refractivity contribution in [2.75, 3.05) is 22.9 Å². The summed E-state index contributed by atoms with van der Waals surface area (Å²) in [5.74, 6) is 0.0457. The molecule has 0 saturated carbocycles. The Morgan fingerprint density at radius 2 is 1.77 bits per heavy atom. The van der Waals surface area contributed by atoms with Crippen molar-refractivity contribution >= 4 is 21.9 Å². The number of hydrogen-bond donors (Lipinski definition) is 4. The molecule has 1 aromatic carbocycles. The van der Waals surface area contributed by atoms with Crippen molar-refractivity contribution in [2.24, 2.45) is 5.92 Å². The van der Waals surface area contributed by atoms with E-state index in [0.29, 0.717) is 24.6 Å². The predicted molar refractivity (Wildman–Crippen MR) is 117 cm³/mol. The predicted octanol–water partition coefficient (Wildman–Crippen LogP) is 2.04. The van der Waals surface area contributed by atoms with E-state index in [-0.39, 0.29) is 36.0 Å². The van der Waals surface area contributed by atoms with Gasteiger partial charge in [-0.3, -0.25) is 4.72 Å². The van der Waals surface area contributed by atoms with Gasteiger partial charge in [-0.15, -0.1) is 0 Å². The molecule has 0 spiro atoms. The molecule has 0 aliphatic heterocycles. The van der Waals surface area contributed by atoms with E-state index in [1.165, 1.54) is 6.07 Å². The molecule has 0 bridgehead atoms. The summed E-state index contributed by atoms with van der Waals surface area (Å²) in [6.45, 7) is 5.39. The third-order valence-corrected chi connectivity index (χ3v) is 5.12. The number of aliphatic hydroxyl groups excluding tert-OH is 2.